The number of benzene rings is 2. The zero-order valence-corrected chi connectivity index (χ0v) is 20.7. The van der Waals surface area contributed by atoms with Gasteiger partial charge in [0, 0.05) is 5.56 Å². The molecule has 2 atom stereocenters. The zero-order valence-electron chi connectivity index (χ0n) is 19.7. The third kappa shape index (κ3) is 8.32. The van der Waals surface area contributed by atoms with Crippen LogP contribution in [0.3, 0.4) is 0 Å². The molecule has 182 valence electrons. The minimum absolute atomic E-state index is 0. The molecule has 2 rings (SSSR count). The molecule has 0 bridgehead atoms. The Labute approximate surface area is 209 Å². The quantitative estimate of drug-likeness (QED) is 0.267. The monoisotopic (exact) mass is 499 g/mol. The summed E-state index contributed by atoms with van der Waals surface area (Å²) >= 11 is 0. The van der Waals surface area contributed by atoms with E-state index in [9.17, 15) is 31.1 Å². The van der Waals surface area contributed by atoms with E-state index in [2.05, 4.69) is 13.8 Å². The van der Waals surface area contributed by atoms with Crippen LogP contribution in [0.5, 0.6) is 5.75 Å². The molecule has 0 saturated heterocycles. The molecule has 2 aromatic rings. The van der Waals surface area contributed by atoms with Gasteiger partial charge in [-0.05, 0) is 63.0 Å². The Balaban J connectivity index is 0.00000578. The molecular weight excluding hydrogens is 472 g/mol. The van der Waals surface area contributed by atoms with Gasteiger partial charge in [0.1, 0.15) is 5.75 Å². The van der Waals surface area contributed by atoms with Crippen LogP contribution in [-0.2, 0) is 12.4 Å². The molecular formula is C24H27F6LiO2P+. The Morgan fingerprint density at radius 2 is 1.59 bits per heavy atom. The van der Waals surface area contributed by atoms with E-state index >= 15 is 0 Å². The van der Waals surface area contributed by atoms with Crippen LogP contribution in [0.4, 0.5) is 26.3 Å². The van der Waals surface area contributed by atoms with Crippen molar-refractivity contribution in [1.29, 1.82) is 0 Å². The smallest absolute Gasteiger partial charge is 0.493 e. The van der Waals surface area contributed by atoms with E-state index in [0.717, 1.165) is 25.7 Å². The van der Waals surface area contributed by atoms with Crippen LogP contribution in [0.15, 0.2) is 36.4 Å². The van der Waals surface area contributed by atoms with Crippen LogP contribution >= 0.6 is 8.58 Å². The van der Waals surface area contributed by atoms with Gasteiger partial charge in [0.15, 0.2) is 5.52 Å². The van der Waals surface area contributed by atoms with Crippen LogP contribution < -0.4 is 28.9 Å². The average molecular weight is 499 g/mol. The molecule has 0 aliphatic heterocycles. The molecule has 0 aromatic heterocycles. The predicted molar refractivity (Wildman–Crippen MR) is 119 cm³/mol. The number of hydrogen-bond donors (Lipinski definition) is 0. The molecule has 0 fully saturated rings. The minimum atomic E-state index is -5.09. The molecule has 0 aliphatic rings. The van der Waals surface area contributed by atoms with E-state index in [-0.39, 0.29) is 18.9 Å². The number of halogens is 6. The summed E-state index contributed by atoms with van der Waals surface area (Å²) in [7, 11) is -0.895. The number of ether oxygens (including phenoxy) is 1. The molecule has 10 heteroatoms. The van der Waals surface area contributed by atoms with Crippen molar-refractivity contribution in [3.8, 4) is 5.75 Å². The predicted octanol–water partition coefficient (Wildman–Crippen LogP) is 4.78. The van der Waals surface area contributed by atoms with E-state index < -0.39 is 43.1 Å². The largest absolute Gasteiger partial charge is 1.00 e. The number of alkyl halides is 6. The van der Waals surface area contributed by atoms with Gasteiger partial charge in [-0.2, -0.15) is 26.3 Å². The summed E-state index contributed by atoms with van der Waals surface area (Å²) in [6, 6.07) is 6.43. The fourth-order valence-electron chi connectivity index (χ4n) is 3.43. The Morgan fingerprint density at radius 3 is 2.06 bits per heavy atom. The van der Waals surface area contributed by atoms with Gasteiger partial charge in [-0.15, -0.1) is 0 Å². The molecule has 0 aliphatic carbocycles. The first-order valence-corrected chi connectivity index (χ1v) is 11.7. The number of unbranched alkanes of at least 4 members (excludes halogenated alkanes) is 1. The van der Waals surface area contributed by atoms with Gasteiger partial charge in [0.2, 0.25) is 0 Å². The van der Waals surface area contributed by atoms with Crippen LogP contribution in [0, 0.1) is 12.8 Å². The maximum absolute atomic E-state index is 13.4. The summed E-state index contributed by atoms with van der Waals surface area (Å²) in [5.41, 5.74) is -5.14. The molecule has 0 amide bonds. The number of rotatable bonds is 10. The minimum Gasteiger partial charge on any atom is -0.493 e. The number of carbonyl (C=O) groups is 1. The second-order valence-electron chi connectivity index (χ2n) is 7.88. The summed E-state index contributed by atoms with van der Waals surface area (Å²) in [4.78, 5) is 12.7. The van der Waals surface area contributed by atoms with Crippen molar-refractivity contribution < 1.29 is 54.7 Å². The van der Waals surface area contributed by atoms with E-state index in [1.165, 1.54) is 6.07 Å². The molecule has 34 heavy (non-hydrogen) atoms. The van der Waals surface area contributed by atoms with Crippen molar-refractivity contribution in [1.82, 2.24) is 0 Å². The molecule has 0 heterocycles. The van der Waals surface area contributed by atoms with Gasteiger partial charge in [-0.3, -0.25) is 4.79 Å². The third-order valence-corrected chi connectivity index (χ3v) is 6.68. The van der Waals surface area contributed by atoms with Gasteiger partial charge >= 0.3 is 31.2 Å². The molecule has 2 nitrogen and oxygen atoms in total. The summed E-state index contributed by atoms with van der Waals surface area (Å²) in [5.74, 6) is 0.947. The second-order valence-corrected chi connectivity index (χ2v) is 9.12. The summed E-state index contributed by atoms with van der Waals surface area (Å²) < 4.78 is 86.1. The van der Waals surface area contributed by atoms with Crippen molar-refractivity contribution >= 4 is 19.4 Å². The maximum atomic E-state index is 13.4. The Bertz CT molecular complexity index is 927. The summed E-state index contributed by atoms with van der Waals surface area (Å²) in [5, 5.41) is 0.371. The first-order valence-electron chi connectivity index (χ1n) is 10.7. The summed E-state index contributed by atoms with van der Waals surface area (Å²) in [6.07, 6.45) is -5.98. The van der Waals surface area contributed by atoms with Crippen molar-refractivity contribution in [2.75, 3.05) is 6.61 Å². The van der Waals surface area contributed by atoms with Crippen LogP contribution in [0.2, 0.25) is 0 Å². The van der Waals surface area contributed by atoms with E-state index in [1.54, 1.807) is 19.1 Å². The second kappa shape index (κ2) is 13.0. The van der Waals surface area contributed by atoms with Crippen molar-refractivity contribution in [2.24, 2.45) is 5.92 Å². The topological polar surface area (TPSA) is 26.3 Å². The molecule has 0 N–H and O–H groups in total. The van der Waals surface area contributed by atoms with E-state index in [4.69, 9.17) is 4.74 Å². The Kier molecular flexibility index (Phi) is 11.7. The molecule has 0 spiro atoms. The normalized spacial score (nSPS) is 13.1. The third-order valence-electron chi connectivity index (χ3n) is 5.38. The van der Waals surface area contributed by atoms with Crippen LogP contribution in [0.25, 0.3) is 0 Å². The Hall–Kier alpha value is -1.48. The first kappa shape index (κ1) is 30.5. The number of aryl methyl sites for hydroxylation is 1. The number of hydrogen-bond acceptors (Lipinski definition) is 2. The van der Waals surface area contributed by atoms with Crippen molar-refractivity contribution in [2.45, 2.75) is 58.8 Å². The SMILES string of the molecule is CCCCC(CC)COc1ccc(PC(=O)c2c(C(F)(F)F)cccc2C(F)(F)F)c(C)c1.[Li+]. The first-order chi connectivity index (χ1) is 15.4. The van der Waals surface area contributed by atoms with Gasteiger partial charge in [-0.25, -0.2) is 0 Å². The van der Waals surface area contributed by atoms with E-state index in [1.807, 2.05) is 0 Å². The van der Waals surface area contributed by atoms with Gasteiger partial charge < -0.3 is 4.74 Å². The van der Waals surface area contributed by atoms with Crippen molar-refractivity contribution in [3.05, 3.63) is 58.7 Å². The molecule has 0 saturated carbocycles. The zero-order chi connectivity index (χ0) is 24.8. The van der Waals surface area contributed by atoms with Crippen molar-refractivity contribution in [3.63, 3.8) is 0 Å². The standard InChI is InChI=1S/C24H27F6O2P.Li/c1-4-6-8-16(5-2)14-32-17-11-12-20(15(3)13-17)33-22(31)21-18(23(25,26)27)9-7-10-19(21)24(28,29)30;/h7,9-13,16,33H,4-6,8,14H2,1-3H3;/q;+1. The fraction of sp³-hybridized carbons (Fsp3) is 0.458. The fourth-order valence-corrected chi connectivity index (χ4v) is 4.51. The van der Waals surface area contributed by atoms with Crippen LogP contribution in [0.1, 0.15) is 66.6 Å². The van der Waals surface area contributed by atoms with Gasteiger partial charge in [0.05, 0.1) is 17.7 Å². The van der Waals surface area contributed by atoms with E-state index in [0.29, 0.717) is 47.3 Å². The molecule has 2 aromatic carbocycles. The molecule has 0 radical (unpaired) electrons. The number of carbonyl (C=O) groups excluding carboxylic acids is 1. The Morgan fingerprint density at radius 1 is 1.00 bits per heavy atom. The van der Waals surface area contributed by atoms with Gasteiger partial charge in [-0.1, -0.05) is 45.2 Å². The average Bonchev–Trinajstić information content (AvgIpc) is 2.73. The van der Waals surface area contributed by atoms with Gasteiger partial charge in [0.25, 0.3) is 0 Å². The maximum Gasteiger partial charge on any atom is 1.00 e. The van der Waals surface area contributed by atoms with Crippen LogP contribution in [-0.4, -0.2) is 12.1 Å². The molecule has 2 unspecified atom stereocenters. The summed E-state index contributed by atoms with van der Waals surface area (Å²) in [6.45, 7) is 6.36.